The van der Waals surface area contributed by atoms with Crippen LogP contribution in [0, 0.1) is 0 Å². The molecule has 128 valence electrons. The molecule has 0 radical (unpaired) electrons. The quantitative estimate of drug-likeness (QED) is 0.696. The molecule has 0 aromatic heterocycles. The van der Waals surface area contributed by atoms with E-state index in [1.807, 2.05) is 30.3 Å². The van der Waals surface area contributed by atoms with Gasteiger partial charge in [0, 0.05) is 6.54 Å². The molecule has 1 aromatic carbocycles. The number of nitrogens with zero attached hydrogens (tertiary/aromatic N) is 1. The fourth-order valence-corrected chi connectivity index (χ4v) is 2.55. The number of aliphatic carboxylic acids is 1. The monoisotopic (exact) mass is 321 g/mol. The van der Waals surface area contributed by atoms with Crippen molar-refractivity contribution in [2.45, 2.75) is 58.6 Å². The zero-order valence-corrected chi connectivity index (χ0v) is 14.2. The van der Waals surface area contributed by atoms with Crippen LogP contribution in [0.3, 0.4) is 0 Å². The average molecular weight is 321 g/mol. The van der Waals surface area contributed by atoms with Crippen LogP contribution in [0.1, 0.15) is 52.0 Å². The Bertz CT molecular complexity index is 503. The third kappa shape index (κ3) is 5.27. The maximum absolute atomic E-state index is 12.4. The molecule has 0 fully saturated rings. The van der Waals surface area contributed by atoms with E-state index in [4.69, 9.17) is 4.74 Å². The SMILES string of the molecule is CCCCCC(C)(C(=O)O)N(CC)C(=O)OCc1ccccc1. The van der Waals surface area contributed by atoms with Crippen molar-refractivity contribution in [2.24, 2.45) is 0 Å². The lowest BCUT2D eigenvalue weighted by atomic mass is 9.92. The maximum Gasteiger partial charge on any atom is 0.411 e. The average Bonchev–Trinajstić information content (AvgIpc) is 2.54. The Morgan fingerprint density at radius 1 is 1.17 bits per heavy atom. The fourth-order valence-electron chi connectivity index (χ4n) is 2.55. The normalized spacial score (nSPS) is 13.2. The molecular formula is C18H27NO4. The molecular weight excluding hydrogens is 294 g/mol. The van der Waals surface area contributed by atoms with E-state index >= 15 is 0 Å². The van der Waals surface area contributed by atoms with Gasteiger partial charge in [0.05, 0.1) is 0 Å². The summed E-state index contributed by atoms with van der Waals surface area (Å²) < 4.78 is 5.31. The van der Waals surface area contributed by atoms with Gasteiger partial charge in [-0.15, -0.1) is 0 Å². The van der Waals surface area contributed by atoms with Crippen molar-refractivity contribution in [2.75, 3.05) is 6.54 Å². The highest BCUT2D eigenvalue weighted by molar-refractivity contribution is 5.84. The summed E-state index contributed by atoms with van der Waals surface area (Å²) in [7, 11) is 0. The number of unbranched alkanes of at least 4 members (excludes halogenated alkanes) is 2. The first kappa shape index (κ1) is 19.0. The highest BCUT2D eigenvalue weighted by Crippen LogP contribution is 2.24. The fraction of sp³-hybridized carbons (Fsp3) is 0.556. The Balaban J connectivity index is 2.76. The number of ether oxygens (including phenoxy) is 1. The lowest BCUT2D eigenvalue weighted by molar-refractivity contribution is -0.150. The molecule has 5 nitrogen and oxygen atoms in total. The maximum atomic E-state index is 12.4. The van der Waals surface area contributed by atoms with Crippen LogP contribution in [0.15, 0.2) is 30.3 Å². The largest absolute Gasteiger partial charge is 0.480 e. The third-order valence-electron chi connectivity index (χ3n) is 4.07. The first-order valence-corrected chi connectivity index (χ1v) is 8.17. The second-order valence-corrected chi connectivity index (χ2v) is 5.82. The highest BCUT2D eigenvalue weighted by atomic mass is 16.6. The van der Waals surface area contributed by atoms with Gasteiger partial charge in [-0.1, -0.05) is 56.5 Å². The van der Waals surface area contributed by atoms with Gasteiger partial charge in [-0.3, -0.25) is 4.90 Å². The van der Waals surface area contributed by atoms with E-state index in [0.29, 0.717) is 13.0 Å². The number of carboxylic acids is 1. The van der Waals surface area contributed by atoms with E-state index < -0.39 is 17.6 Å². The van der Waals surface area contributed by atoms with E-state index in [1.54, 1.807) is 13.8 Å². The summed E-state index contributed by atoms with van der Waals surface area (Å²) in [5, 5.41) is 9.62. The molecule has 5 heteroatoms. The van der Waals surface area contributed by atoms with Crippen molar-refractivity contribution in [1.29, 1.82) is 0 Å². The Hall–Kier alpha value is -2.04. The van der Waals surface area contributed by atoms with Gasteiger partial charge in [0.15, 0.2) is 0 Å². The molecule has 0 aliphatic rings. The van der Waals surface area contributed by atoms with Gasteiger partial charge in [-0.05, 0) is 25.8 Å². The number of rotatable bonds is 9. The molecule has 23 heavy (non-hydrogen) atoms. The van der Waals surface area contributed by atoms with Gasteiger partial charge in [0.25, 0.3) is 0 Å². The standard InChI is InChI=1S/C18H27NO4/c1-4-6-10-13-18(3,16(20)21)19(5-2)17(22)23-14-15-11-8-7-9-12-15/h7-9,11-12H,4-6,10,13-14H2,1-3H3,(H,20,21). The Kier molecular flexibility index (Phi) is 7.59. The number of benzene rings is 1. The molecule has 1 unspecified atom stereocenters. The molecule has 0 saturated heterocycles. The van der Waals surface area contributed by atoms with Crippen LogP contribution in [0.5, 0.6) is 0 Å². The van der Waals surface area contributed by atoms with E-state index in [1.165, 1.54) is 4.90 Å². The topological polar surface area (TPSA) is 66.8 Å². The molecule has 1 atom stereocenters. The second kappa shape index (κ2) is 9.18. The molecule has 0 heterocycles. The minimum atomic E-state index is -1.24. The van der Waals surface area contributed by atoms with Gasteiger partial charge >= 0.3 is 12.1 Å². The number of hydrogen-bond donors (Lipinski definition) is 1. The second-order valence-electron chi connectivity index (χ2n) is 5.82. The smallest absolute Gasteiger partial charge is 0.411 e. The predicted molar refractivity (Wildman–Crippen MR) is 89.2 cm³/mol. The zero-order valence-electron chi connectivity index (χ0n) is 14.2. The Morgan fingerprint density at radius 3 is 2.35 bits per heavy atom. The molecule has 0 aliphatic carbocycles. The summed E-state index contributed by atoms with van der Waals surface area (Å²) in [5.41, 5.74) is -0.363. The molecule has 0 spiro atoms. The first-order valence-electron chi connectivity index (χ1n) is 8.17. The summed E-state index contributed by atoms with van der Waals surface area (Å²) >= 11 is 0. The Morgan fingerprint density at radius 2 is 1.83 bits per heavy atom. The minimum Gasteiger partial charge on any atom is -0.480 e. The summed E-state index contributed by atoms with van der Waals surface area (Å²) in [5.74, 6) is -0.993. The van der Waals surface area contributed by atoms with Crippen molar-refractivity contribution in [3.63, 3.8) is 0 Å². The van der Waals surface area contributed by atoms with Crippen molar-refractivity contribution >= 4 is 12.1 Å². The van der Waals surface area contributed by atoms with Crippen LogP contribution < -0.4 is 0 Å². The van der Waals surface area contributed by atoms with Crippen LogP contribution in [-0.2, 0) is 16.1 Å². The molecule has 0 bridgehead atoms. The van der Waals surface area contributed by atoms with E-state index in [-0.39, 0.29) is 6.61 Å². The summed E-state index contributed by atoms with van der Waals surface area (Å²) in [6.45, 7) is 5.86. The van der Waals surface area contributed by atoms with Crippen LogP contribution in [0.25, 0.3) is 0 Å². The number of hydrogen-bond acceptors (Lipinski definition) is 3. The first-order chi connectivity index (χ1) is 11.0. The van der Waals surface area contributed by atoms with Crippen LogP contribution >= 0.6 is 0 Å². The molecule has 1 amide bonds. The zero-order chi connectivity index (χ0) is 17.3. The van der Waals surface area contributed by atoms with Crippen molar-refractivity contribution in [3.05, 3.63) is 35.9 Å². The number of likely N-dealkylation sites (N-methyl/N-ethyl adjacent to an activating group) is 1. The predicted octanol–water partition coefficient (Wildman–Crippen LogP) is 4.07. The Labute approximate surface area is 138 Å². The highest BCUT2D eigenvalue weighted by Gasteiger charge is 2.41. The summed E-state index contributed by atoms with van der Waals surface area (Å²) in [4.78, 5) is 25.4. The van der Waals surface area contributed by atoms with Crippen LogP contribution in [0.2, 0.25) is 0 Å². The van der Waals surface area contributed by atoms with E-state index in [9.17, 15) is 14.7 Å². The van der Waals surface area contributed by atoms with Crippen molar-refractivity contribution in [1.82, 2.24) is 4.90 Å². The van der Waals surface area contributed by atoms with Crippen molar-refractivity contribution < 1.29 is 19.4 Å². The summed E-state index contributed by atoms with van der Waals surface area (Å²) in [6, 6.07) is 9.35. The van der Waals surface area contributed by atoms with Gasteiger partial charge in [0.1, 0.15) is 12.1 Å². The minimum absolute atomic E-state index is 0.140. The number of carbonyl (C=O) groups excluding carboxylic acids is 1. The van der Waals surface area contributed by atoms with E-state index in [0.717, 1.165) is 24.8 Å². The molecule has 0 aliphatic heterocycles. The van der Waals surface area contributed by atoms with Crippen LogP contribution in [0.4, 0.5) is 4.79 Å². The van der Waals surface area contributed by atoms with E-state index in [2.05, 4.69) is 6.92 Å². The van der Waals surface area contributed by atoms with Crippen molar-refractivity contribution in [3.8, 4) is 0 Å². The van der Waals surface area contributed by atoms with Gasteiger partial charge < -0.3 is 9.84 Å². The lowest BCUT2D eigenvalue weighted by Crippen LogP contribution is -2.55. The molecule has 1 rings (SSSR count). The van der Waals surface area contributed by atoms with Gasteiger partial charge in [-0.2, -0.15) is 0 Å². The summed E-state index contributed by atoms with van der Waals surface area (Å²) in [6.07, 6.45) is 2.55. The van der Waals surface area contributed by atoms with Gasteiger partial charge in [0.2, 0.25) is 0 Å². The molecule has 1 N–H and O–H groups in total. The number of amides is 1. The number of carbonyl (C=O) groups is 2. The van der Waals surface area contributed by atoms with Crippen LogP contribution in [-0.4, -0.2) is 34.2 Å². The molecule has 1 aromatic rings. The molecule has 0 saturated carbocycles. The van der Waals surface area contributed by atoms with Gasteiger partial charge in [-0.25, -0.2) is 9.59 Å². The lowest BCUT2D eigenvalue weighted by Gasteiger charge is -2.36. The third-order valence-corrected chi connectivity index (χ3v) is 4.07. The number of carboxylic acid groups (broad SMARTS) is 1.